The van der Waals surface area contributed by atoms with Crippen molar-refractivity contribution in [1.29, 1.82) is 0 Å². The highest BCUT2D eigenvalue weighted by molar-refractivity contribution is 9.10. The zero-order valence-corrected chi connectivity index (χ0v) is 9.32. The number of benzene rings is 1. The van der Waals surface area contributed by atoms with Gasteiger partial charge in [-0.25, -0.2) is 4.90 Å². The molecular formula is C10H10BrNO2. The second-order valence-electron chi connectivity index (χ2n) is 3.29. The minimum atomic E-state index is -1.01. The lowest BCUT2D eigenvalue weighted by Gasteiger charge is -2.37. The fourth-order valence-corrected chi connectivity index (χ4v) is 1.74. The van der Waals surface area contributed by atoms with Crippen molar-refractivity contribution < 1.29 is 9.53 Å². The van der Waals surface area contributed by atoms with Gasteiger partial charge in [-0.05, 0) is 29.0 Å². The van der Waals surface area contributed by atoms with E-state index in [0.717, 1.165) is 17.6 Å². The van der Waals surface area contributed by atoms with Crippen molar-refractivity contribution in [2.45, 2.75) is 11.2 Å². The summed E-state index contributed by atoms with van der Waals surface area (Å²) in [7, 11) is 1.83. The van der Waals surface area contributed by atoms with Crippen LogP contribution in [0.2, 0.25) is 0 Å². The van der Waals surface area contributed by atoms with Gasteiger partial charge in [0, 0.05) is 12.1 Å². The van der Waals surface area contributed by atoms with Gasteiger partial charge in [-0.1, -0.05) is 18.2 Å². The quantitative estimate of drug-likeness (QED) is 0.435. The summed E-state index contributed by atoms with van der Waals surface area (Å²) in [5.74, 6) is 0.759. The molecule has 0 bridgehead atoms. The number of carbonyl (C=O) groups excluding carboxylic acids is 1. The molecule has 0 fully saturated rings. The normalized spacial score (nSPS) is 26.4. The molecule has 0 amide bonds. The van der Waals surface area contributed by atoms with E-state index >= 15 is 0 Å². The standard InChI is InChI=1S/C10H10BrNO2/c1-12-6-8-4-2-3-5-9(8)14-10(12,11)7-13/h2-5,7H,6H2,1H3. The van der Waals surface area contributed by atoms with Gasteiger partial charge in [0.05, 0.1) is 0 Å². The molecule has 0 N–H and O–H groups in total. The molecule has 0 spiro atoms. The van der Waals surface area contributed by atoms with Crippen LogP contribution in [0.15, 0.2) is 24.3 Å². The molecule has 1 aliphatic rings. The summed E-state index contributed by atoms with van der Waals surface area (Å²) < 4.78 is 4.54. The van der Waals surface area contributed by atoms with Crippen molar-refractivity contribution in [3.05, 3.63) is 29.8 Å². The number of alkyl halides is 1. The zero-order valence-electron chi connectivity index (χ0n) is 7.74. The van der Waals surface area contributed by atoms with Crippen molar-refractivity contribution in [1.82, 2.24) is 4.90 Å². The van der Waals surface area contributed by atoms with E-state index in [0.29, 0.717) is 6.54 Å². The number of rotatable bonds is 1. The molecule has 14 heavy (non-hydrogen) atoms. The predicted octanol–water partition coefficient (Wildman–Crippen LogP) is 1.76. The zero-order chi connectivity index (χ0) is 10.2. The fourth-order valence-electron chi connectivity index (χ4n) is 1.44. The van der Waals surface area contributed by atoms with Crippen molar-refractivity contribution in [3.8, 4) is 5.75 Å². The van der Waals surface area contributed by atoms with E-state index in [1.807, 2.05) is 36.2 Å². The summed E-state index contributed by atoms with van der Waals surface area (Å²) >= 11 is 3.27. The second kappa shape index (κ2) is 3.37. The van der Waals surface area contributed by atoms with Crippen molar-refractivity contribution in [2.24, 2.45) is 0 Å². The first-order chi connectivity index (χ1) is 6.65. The number of fused-ring (bicyclic) bond motifs is 1. The summed E-state index contributed by atoms with van der Waals surface area (Å²) in [5, 5.41) is 0. The average Bonchev–Trinajstić information content (AvgIpc) is 2.20. The van der Waals surface area contributed by atoms with Crippen LogP contribution in [-0.2, 0) is 11.3 Å². The molecule has 0 saturated carbocycles. The lowest BCUT2D eigenvalue weighted by Crippen LogP contribution is -2.49. The lowest BCUT2D eigenvalue weighted by molar-refractivity contribution is -0.125. The molecule has 1 unspecified atom stereocenters. The highest BCUT2D eigenvalue weighted by Gasteiger charge is 2.38. The Morgan fingerprint density at radius 3 is 3.00 bits per heavy atom. The molecule has 1 aliphatic heterocycles. The first-order valence-electron chi connectivity index (χ1n) is 4.29. The number of para-hydroxylation sites is 1. The lowest BCUT2D eigenvalue weighted by atomic mass is 10.1. The summed E-state index contributed by atoms with van der Waals surface area (Å²) in [6, 6.07) is 7.70. The Bertz CT molecular complexity index is 369. The molecule has 1 atom stereocenters. The number of carbonyl (C=O) groups is 1. The number of hydrogen-bond donors (Lipinski definition) is 0. The number of likely N-dealkylation sites (N-methyl/N-ethyl adjacent to an activating group) is 1. The van der Waals surface area contributed by atoms with Gasteiger partial charge in [0.15, 0.2) is 6.29 Å². The van der Waals surface area contributed by atoms with Crippen molar-refractivity contribution in [3.63, 3.8) is 0 Å². The fraction of sp³-hybridized carbons (Fsp3) is 0.300. The van der Waals surface area contributed by atoms with Gasteiger partial charge in [-0.15, -0.1) is 0 Å². The maximum Gasteiger partial charge on any atom is 0.275 e. The van der Waals surface area contributed by atoms with Crippen LogP contribution in [0, 0.1) is 0 Å². The Hall–Kier alpha value is -0.870. The highest BCUT2D eigenvalue weighted by atomic mass is 79.9. The molecule has 74 valence electrons. The molecule has 4 heteroatoms. The van der Waals surface area contributed by atoms with Crippen molar-refractivity contribution in [2.75, 3.05) is 7.05 Å². The van der Waals surface area contributed by atoms with Gasteiger partial charge in [-0.2, -0.15) is 0 Å². The maximum absolute atomic E-state index is 10.9. The highest BCUT2D eigenvalue weighted by Crippen LogP contribution is 2.34. The number of hydrogen-bond acceptors (Lipinski definition) is 3. The maximum atomic E-state index is 10.9. The number of nitrogens with zero attached hydrogens (tertiary/aromatic N) is 1. The minimum Gasteiger partial charge on any atom is -0.455 e. The van der Waals surface area contributed by atoms with Gasteiger partial charge < -0.3 is 4.74 Å². The van der Waals surface area contributed by atoms with Gasteiger partial charge in [-0.3, -0.25) is 4.79 Å². The molecule has 0 saturated heterocycles. The summed E-state index contributed by atoms with van der Waals surface area (Å²) in [6.45, 7) is 0.695. The van der Waals surface area contributed by atoms with E-state index in [2.05, 4.69) is 15.9 Å². The van der Waals surface area contributed by atoms with E-state index in [1.54, 1.807) is 0 Å². The number of aldehydes is 1. The molecular weight excluding hydrogens is 246 g/mol. The average molecular weight is 256 g/mol. The van der Waals surface area contributed by atoms with Crippen LogP contribution in [-0.4, -0.2) is 22.9 Å². The molecule has 1 aromatic carbocycles. The third kappa shape index (κ3) is 1.44. The molecule has 3 nitrogen and oxygen atoms in total. The Kier molecular flexibility index (Phi) is 2.33. The van der Waals surface area contributed by atoms with Crippen LogP contribution < -0.4 is 4.74 Å². The summed E-state index contributed by atoms with van der Waals surface area (Å²) in [4.78, 5) is 12.7. The largest absolute Gasteiger partial charge is 0.455 e. The van der Waals surface area contributed by atoms with Gasteiger partial charge >= 0.3 is 0 Å². The third-order valence-electron chi connectivity index (χ3n) is 2.30. The third-order valence-corrected chi connectivity index (χ3v) is 3.25. The number of ether oxygens (including phenoxy) is 1. The van der Waals surface area contributed by atoms with E-state index in [9.17, 15) is 4.79 Å². The Morgan fingerprint density at radius 1 is 1.57 bits per heavy atom. The first kappa shape index (κ1) is 9.68. The SMILES string of the molecule is CN1Cc2ccccc2OC1(Br)C=O. The van der Waals surface area contributed by atoms with Crippen LogP contribution in [0.25, 0.3) is 0 Å². The van der Waals surface area contributed by atoms with E-state index < -0.39 is 4.63 Å². The second-order valence-corrected chi connectivity index (χ2v) is 4.43. The summed E-state index contributed by atoms with van der Waals surface area (Å²) in [5.41, 5.74) is 1.09. The molecule has 1 heterocycles. The van der Waals surface area contributed by atoms with E-state index in [4.69, 9.17) is 4.74 Å². The predicted molar refractivity (Wildman–Crippen MR) is 56.3 cm³/mol. The Labute approximate surface area is 90.8 Å². The minimum absolute atomic E-state index is 0.695. The van der Waals surface area contributed by atoms with E-state index in [1.165, 1.54) is 0 Å². The van der Waals surface area contributed by atoms with Crippen molar-refractivity contribution >= 4 is 22.2 Å². The van der Waals surface area contributed by atoms with Gasteiger partial charge in [0.2, 0.25) is 0 Å². The van der Waals surface area contributed by atoms with Crippen LogP contribution >= 0.6 is 15.9 Å². The Morgan fingerprint density at radius 2 is 2.29 bits per heavy atom. The smallest absolute Gasteiger partial charge is 0.275 e. The van der Waals surface area contributed by atoms with Crippen LogP contribution in [0.5, 0.6) is 5.75 Å². The van der Waals surface area contributed by atoms with E-state index in [-0.39, 0.29) is 0 Å². The summed E-state index contributed by atoms with van der Waals surface area (Å²) in [6.07, 6.45) is 0.753. The molecule has 0 aliphatic carbocycles. The van der Waals surface area contributed by atoms with Gasteiger partial charge in [0.25, 0.3) is 4.63 Å². The van der Waals surface area contributed by atoms with Crippen LogP contribution in [0.4, 0.5) is 0 Å². The molecule has 1 aromatic rings. The van der Waals surface area contributed by atoms with Gasteiger partial charge in [0.1, 0.15) is 5.75 Å². The number of halogens is 1. The van der Waals surface area contributed by atoms with Crippen LogP contribution in [0.1, 0.15) is 5.56 Å². The Balaban J connectivity index is 2.40. The van der Waals surface area contributed by atoms with Crippen LogP contribution in [0.3, 0.4) is 0 Å². The molecule has 2 rings (SSSR count). The topological polar surface area (TPSA) is 29.5 Å². The molecule has 0 radical (unpaired) electrons. The molecule has 0 aromatic heterocycles. The first-order valence-corrected chi connectivity index (χ1v) is 5.08. The monoisotopic (exact) mass is 255 g/mol.